The van der Waals surface area contributed by atoms with Gasteiger partial charge in [0.25, 0.3) is 0 Å². The molecule has 0 aromatic rings. The Hall–Kier alpha value is -1.84. The summed E-state index contributed by atoms with van der Waals surface area (Å²) in [6.07, 6.45) is 8.42. The van der Waals surface area contributed by atoms with Gasteiger partial charge in [-0.3, -0.25) is 14.9 Å². The molecule has 2 aliphatic rings. The number of amides is 2. The van der Waals surface area contributed by atoms with E-state index in [9.17, 15) is 9.59 Å². The van der Waals surface area contributed by atoms with Gasteiger partial charge in [0.15, 0.2) is 0 Å². The first-order valence-electron chi connectivity index (χ1n) is 7.72. The van der Waals surface area contributed by atoms with Gasteiger partial charge in [0.05, 0.1) is 0 Å². The molecular weight excluding hydrogens is 264 g/mol. The van der Waals surface area contributed by atoms with Crippen molar-refractivity contribution in [1.82, 2.24) is 10.6 Å². The van der Waals surface area contributed by atoms with Crippen LogP contribution in [0, 0.1) is 5.92 Å². The van der Waals surface area contributed by atoms with E-state index in [1.165, 1.54) is 19.3 Å². The molecule has 2 N–H and O–H groups in total. The molecule has 0 bridgehead atoms. The molecule has 1 saturated heterocycles. The van der Waals surface area contributed by atoms with E-state index in [-0.39, 0.29) is 17.9 Å². The SMILES string of the molecule is C=C(/C=C\C(=C)C1CCC1)NC1CCC(=O)NC1=O.CC. The molecule has 1 saturated carbocycles. The first-order valence-corrected chi connectivity index (χ1v) is 7.72. The molecule has 0 aromatic heterocycles. The molecule has 2 fully saturated rings. The van der Waals surface area contributed by atoms with Crippen molar-refractivity contribution in [3.05, 3.63) is 36.6 Å². The summed E-state index contributed by atoms with van der Waals surface area (Å²) in [4.78, 5) is 22.6. The lowest BCUT2D eigenvalue weighted by molar-refractivity contribution is -0.134. The van der Waals surface area contributed by atoms with E-state index in [0.29, 0.717) is 24.5 Å². The summed E-state index contributed by atoms with van der Waals surface area (Å²) in [6.45, 7) is 11.9. The van der Waals surface area contributed by atoms with Crippen molar-refractivity contribution in [2.45, 2.75) is 52.0 Å². The molecule has 116 valence electrons. The molecule has 1 atom stereocenters. The van der Waals surface area contributed by atoms with E-state index in [2.05, 4.69) is 23.8 Å². The lowest BCUT2D eigenvalue weighted by Crippen LogP contribution is -2.50. The minimum atomic E-state index is -0.369. The van der Waals surface area contributed by atoms with Crippen molar-refractivity contribution >= 4 is 11.8 Å². The van der Waals surface area contributed by atoms with Crippen LogP contribution < -0.4 is 10.6 Å². The second-order valence-electron chi connectivity index (χ2n) is 5.21. The Morgan fingerprint density at radius 1 is 1.19 bits per heavy atom. The van der Waals surface area contributed by atoms with Gasteiger partial charge in [-0.15, -0.1) is 0 Å². The number of carbonyl (C=O) groups is 2. The van der Waals surface area contributed by atoms with Gasteiger partial charge in [-0.2, -0.15) is 0 Å². The third-order valence-electron chi connectivity index (χ3n) is 3.73. The second-order valence-corrected chi connectivity index (χ2v) is 5.21. The van der Waals surface area contributed by atoms with E-state index in [0.717, 1.165) is 5.57 Å². The summed E-state index contributed by atoms with van der Waals surface area (Å²) in [5, 5.41) is 5.35. The van der Waals surface area contributed by atoms with Gasteiger partial charge in [0, 0.05) is 12.1 Å². The molecular formula is C17H26N2O2. The minimum absolute atomic E-state index is 0.206. The summed E-state index contributed by atoms with van der Waals surface area (Å²) < 4.78 is 0. The highest BCUT2D eigenvalue weighted by Crippen LogP contribution is 2.32. The highest BCUT2D eigenvalue weighted by molar-refractivity contribution is 6.00. The fourth-order valence-electron chi connectivity index (χ4n) is 2.23. The van der Waals surface area contributed by atoms with E-state index in [1.54, 1.807) is 0 Å². The van der Waals surface area contributed by atoms with Crippen LogP contribution in [0.3, 0.4) is 0 Å². The number of nitrogens with one attached hydrogen (secondary N) is 2. The van der Waals surface area contributed by atoms with E-state index in [1.807, 2.05) is 26.0 Å². The highest BCUT2D eigenvalue weighted by Gasteiger charge is 2.26. The smallest absolute Gasteiger partial charge is 0.249 e. The number of imide groups is 1. The summed E-state index contributed by atoms with van der Waals surface area (Å²) in [7, 11) is 0. The van der Waals surface area contributed by atoms with Crippen molar-refractivity contribution in [2.24, 2.45) is 5.92 Å². The number of hydrogen-bond acceptors (Lipinski definition) is 3. The van der Waals surface area contributed by atoms with Crippen molar-refractivity contribution in [1.29, 1.82) is 0 Å². The Morgan fingerprint density at radius 2 is 1.86 bits per heavy atom. The zero-order valence-corrected chi connectivity index (χ0v) is 13.1. The topological polar surface area (TPSA) is 58.2 Å². The van der Waals surface area contributed by atoms with Crippen LogP contribution in [0.2, 0.25) is 0 Å². The van der Waals surface area contributed by atoms with Crippen molar-refractivity contribution in [3.8, 4) is 0 Å². The maximum atomic E-state index is 11.6. The van der Waals surface area contributed by atoms with Gasteiger partial charge in [0.2, 0.25) is 11.8 Å². The molecule has 1 aliphatic heterocycles. The average molecular weight is 290 g/mol. The largest absolute Gasteiger partial charge is 0.374 e. The lowest BCUT2D eigenvalue weighted by Gasteiger charge is -2.26. The molecule has 4 heteroatoms. The van der Waals surface area contributed by atoms with Crippen LogP contribution in [-0.4, -0.2) is 17.9 Å². The zero-order chi connectivity index (χ0) is 15.8. The van der Waals surface area contributed by atoms with E-state index >= 15 is 0 Å². The van der Waals surface area contributed by atoms with Crippen molar-refractivity contribution in [2.75, 3.05) is 0 Å². The Bertz CT molecular complexity index is 448. The Morgan fingerprint density at radius 3 is 2.38 bits per heavy atom. The molecule has 2 amide bonds. The maximum Gasteiger partial charge on any atom is 0.249 e. The van der Waals surface area contributed by atoms with Gasteiger partial charge in [-0.05, 0) is 31.3 Å². The Labute approximate surface area is 127 Å². The van der Waals surface area contributed by atoms with Crippen LogP contribution in [-0.2, 0) is 9.59 Å². The molecule has 1 heterocycles. The quantitative estimate of drug-likeness (QED) is 0.604. The van der Waals surface area contributed by atoms with Crippen LogP contribution >= 0.6 is 0 Å². The van der Waals surface area contributed by atoms with Crippen molar-refractivity contribution in [3.63, 3.8) is 0 Å². The molecule has 1 unspecified atom stereocenters. The summed E-state index contributed by atoms with van der Waals surface area (Å²) in [6, 6.07) is -0.369. The van der Waals surface area contributed by atoms with E-state index in [4.69, 9.17) is 0 Å². The van der Waals surface area contributed by atoms with E-state index < -0.39 is 0 Å². The standard InChI is InChI=1S/C15H20N2O2.C2H6/c1-10(12-4-3-5-12)6-7-11(2)16-13-8-9-14(18)17-15(13)19;1-2/h6-7,12-13,16H,1-5,8-9H2,(H,17,18,19);1-2H3/b7-6-;. The number of piperidine rings is 1. The first-order chi connectivity index (χ1) is 10.1. The first kappa shape index (κ1) is 17.2. The molecule has 0 radical (unpaired) electrons. The summed E-state index contributed by atoms with van der Waals surface area (Å²) >= 11 is 0. The van der Waals surface area contributed by atoms with Crippen LogP contribution in [0.15, 0.2) is 36.6 Å². The summed E-state index contributed by atoms with van der Waals surface area (Å²) in [5.41, 5.74) is 1.80. The fourth-order valence-corrected chi connectivity index (χ4v) is 2.23. The lowest BCUT2D eigenvalue weighted by atomic mass is 9.80. The second kappa shape index (κ2) is 8.45. The fraction of sp³-hybridized carbons (Fsp3) is 0.529. The van der Waals surface area contributed by atoms with Crippen LogP contribution in [0.1, 0.15) is 46.0 Å². The number of rotatable bonds is 5. The minimum Gasteiger partial charge on any atom is -0.374 e. The van der Waals surface area contributed by atoms with Crippen LogP contribution in [0.4, 0.5) is 0 Å². The third kappa shape index (κ3) is 5.21. The zero-order valence-electron chi connectivity index (χ0n) is 13.1. The molecule has 0 aromatic carbocycles. The van der Waals surface area contributed by atoms with Crippen molar-refractivity contribution < 1.29 is 9.59 Å². The highest BCUT2D eigenvalue weighted by atomic mass is 16.2. The molecule has 2 rings (SSSR count). The number of hydrogen-bond donors (Lipinski definition) is 2. The summed E-state index contributed by atoms with van der Waals surface area (Å²) in [5.74, 6) is 0.130. The van der Waals surface area contributed by atoms with Gasteiger partial charge in [-0.1, -0.05) is 45.1 Å². The maximum absolute atomic E-state index is 11.6. The number of carbonyl (C=O) groups excluding carboxylic acids is 2. The Kier molecular flexibility index (Phi) is 6.92. The molecule has 1 aliphatic carbocycles. The van der Waals surface area contributed by atoms with Gasteiger partial charge >= 0.3 is 0 Å². The van der Waals surface area contributed by atoms with Gasteiger partial charge in [0.1, 0.15) is 6.04 Å². The van der Waals surface area contributed by atoms with Gasteiger partial charge in [-0.25, -0.2) is 0 Å². The molecule has 21 heavy (non-hydrogen) atoms. The normalized spacial score (nSPS) is 21.9. The average Bonchev–Trinajstić information content (AvgIpc) is 2.40. The Balaban J connectivity index is 0.00000106. The van der Waals surface area contributed by atoms with Gasteiger partial charge < -0.3 is 5.32 Å². The third-order valence-corrected chi connectivity index (χ3v) is 3.73. The predicted molar refractivity (Wildman–Crippen MR) is 85.4 cm³/mol. The van der Waals surface area contributed by atoms with Crippen LogP contribution in [0.25, 0.3) is 0 Å². The van der Waals surface area contributed by atoms with Crippen LogP contribution in [0.5, 0.6) is 0 Å². The predicted octanol–water partition coefficient (Wildman–Crippen LogP) is 2.83. The number of allylic oxidation sites excluding steroid dienone is 3. The molecule has 0 spiro atoms. The molecule has 4 nitrogen and oxygen atoms in total. The monoisotopic (exact) mass is 290 g/mol.